The highest BCUT2D eigenvalue weighted by molar-refractivity contribution is 8.01. The van der Waals surface area contributed by atoms with Gasteiger partial charge in [0.1, 0.15) is 18.2 Å². The van der Waals surface area contributed by atoms with E-state index in [4.69, 9.17) is 14.2 Å². The summed E-state index contributed by atoms with van der Waals surface area (Å²) >= 11 is 2.66. The third kappa shape index (κ3) is 9.57. The molecule has 240 valence electrons. The maximum Gasteiger partial charge on any atom is 0.416 e. The molecule has 0 saturated carbocycles. The molecule has 4 rings (SSSR count). The first kappa shape index (κ1) is 34.0. The standard InChI is InChI=1S/C28H25F6N5O4S2/c1-41-23-13-17(2-5-22(23)43-16-18-3-4-20(27(29,30)31)14-21(18)28(32,33)34)12-19(15-35)24(40)36-25-37-38-26(45-25)44-11-8-39-6-9-42-10-7-39/h2-5,12-14H,6-11,16H2,1H3,(H,36,37,40). The predicted molar refractivity (Wildman–Crippen MR) is 154 cm³/mol. The van der Waals surface area contributed by atoms with Gasteiger partial charge in [-0.25, -0.2) is 0 Å². The zero-order chi connectivity index (χ0) is 32.6. The van der Waals surface area contributed by atoms with E-state index >= 15 is 0 Å². The second-order valence-corrected chi connectivity index (χ2v) is 11.7. The van der Waals surface area contributed by atoms with Crippen LogP contribution in [-0.2, 0) is 28.5 Å². The topological polar surface area (TPSA) is 110 Å². The van der Waals surface area contributed by atoms with Gasteiger partial charge in [0, 0.05) is 31.0 Å². The summed E-state index contributed by atoms with van der Waals surface area (Å²) in [5.74, 6) is 0.0733. The van der Waals surface area contributed by atoms with Crippen LogP contribution in [0.25, 0.3) is 6.08 Å². The second-order valence-electron chi connectivity index (χ2n) is 9.37. The summed E-state index contributed by atoms with van der Waals surface area (Å²) in [6, 6.07) is 7.23. The lowest BCUT2D eigenvalue weighted by molar-refractivity contribution is -0.143. The third-order valence-corrected chi connectivity index (χ3v) is 8.31. The van der Waals surface area contributed by atoms with E-state index in [2.05, 4.69) is 20.4 Å². The number of carbonyl (C=O) groups is 1. The Kier molecular flexibility index (Phi) is 11.3. The van der Waals surface area contributed by atoms with Gasteiger partial charge in [-0.1, -0.05) is 35.2 Å². The molecule has 1 saturated heterocycles. The van der Waals surface area contributed by atoms with E-state index in [1.54, 1.807) is 0 Å². The second kappa shape index (κ2) is 15.0. The molecule has 3 aromatic rings. The molecular formula is C28H25F6N5O4S2. The number of methoxy groups -OCH3 is 1. The van der Waals surface area contributed by atoms with E-state index in [1.165, 1.54) is 43.1 Å². The smallest absolute Gasteiger partial charge is 0.416 e. The van der Waals surface area contributed by atoms with Crippen molar-refractivity contribution in [3.8, 4) is 17.6 Å². The van der Waals surface area contributed by atoms with Crippen molar-refractivity contribution in [1.29, 1.82) is 5.26 Å². The highest BCUT2D eigenvalue weighted by Crippen LogP contribution is 2.38. The van der Waals surface area contributed by atoms with Crippen LogP contribution in [0.1, 0.15) is 22.3 Å². The molecule has 1 aliphatic rings. The van der Waals surface area contributed by atoms with Gasteiger partial charge in [-0.15, -0.1) is 10.2 Å². The fourth-order valence-corrected chi connectivity index (χ4v) is 5.89. The van der Waals surface area contributed by atoms with Crippen molar-refractivity contribution < 1.29 is 45.3 Å². The van der Waals surface area contributed by atoms with Crippen molar-refractivity contribution >= 4 is 40.2 Å². The van der Waals surface area contributed by atoms with Gasteiger partial charge in [-0.2, -0.15) is 31.6 Å². The number of thioether (sulfide) groups is 1. The molecule has 9 nitrogen and oxygen atoms in total. The molecule has 45 heavy (non-hydrogen) atoms. The third-order valence-electron chi connectivity index (χ3n) is 6.35. The summed E-state index contributed by atoms with van der Waals surface area (Å²) < 4.78 is 96.1. The predicted octanol–water partition coefficient (Wildman–Crippen LogP) is 6.13. The first-order valence-corrected chi connectivity index (χ1v) is 15.0. The summed E-state index contributed by atoms with van der Waals surface area (Å²) in [4.78, 5) is 15.0. The highest BCUT2D eigenvalue weighted by Gasteiger charge is 2.38. The van der Waals surface area contributed by atoms with Gasteiger partial charge in [-0.05, 0) is 35.9 Å². The Hall–Kier alpha value is -3.85. The van der Waals surface area contributed by atoms with Crippen LogP contribution in [0.2, 0.25) is 0 Å². The Balaban J connectivity index is 1.40. The Labute approximate surface area is 261 Å². The minimum Gasteiger partial charge on any atom is -0.493 e. The first-order chi connectivity index (χ1) is 21.4. The SMILES string of the molecule is COc1cc(C=C(C#N)C(=O)Nc2nnc(SCCN3CCOCC3)s2)ccc1OCc1ccc(C(F)(F)F)cc1C(F)(F)F. The minimum atomic E-state index is -5.05. The number of morpholine rings is 1. The van der Waals surface area contributed by atoms with E-state index < -0.39 is 41.6 Å². The zero-order valence-corrected chi connectivity index (χ0v) is 25.1. The number of carbonyl (C=O) groups excluding carboxylic acids is 1. The number of nitriles is 1. The molecule has 0 spiro atoms. The molecule has 2 heterocycles. The largest absolute Gasteiger partial charge is 0.493 e. The molecule has 1 amide bonds. The summed E-state index contributed by atoms with van der Waals surface area (Å²) in [6.45, 7) is 3.30. The number of hydrogen-bond donors (Lipinski definition) is 1. The van der Waals surface area contributed by atoms with Crippen molar-refractivity contribution in [2.45, 2.75) is 23.3 Å². The quantitative estimate of drug-likeness (QED) is 0.0845. The Morgan fingerprint density at radius 1 is 1.11 bits per heavy atom. The number of alkyl halides is 6. The summed E-state index contributed by atoms with van der Waals surface area (Å²) in [6.07, 6.45) is -8.74. The molecule has 0 aliphatic carbocycles. The first-order valence-electron chi connectivity index (χ1n) is 13.1. The van der Waals surface area contributed by atoms with E-state index in [-0.39, 0.29) is 28.3 Å². The minimum absolute atomic E-state index is 0.0156. The lowest BCUT2D eigenvalue weighted by atomic mass is 10.0. The average molecular weight is 674 g/mol. The van der Waals surface area contributed by atoms with Crippen LogP contribution in [0.5, 0.6) is 11.5 Å². The molecule has 1 aliphatic heterocycles. The number of hydrogen-bond acceptors (Lipinski definition) is 10. The maximum absolute atomic E-state index is 13.5. The number of rotatable bonds is 11. The van der Waals surface area contributed by atoms with E-state index in [1.807, 2.05) is 6.07 Å². The molecule has 0 radical (unpaired) electrons. The van der Waals surface area contributed by atoms with Gasteiger partial charge >= 0.3 is 12.4 Å². The highest BCUT2D eigenvalue weighted by atomic mass is 32.2. The van der Waals surface area contributed by atoms with Crippen molar-refractivity contribution in [2.24, 2.45) is 0 Å². The van der Waals surface area contributed by atoms with Crippen LogP contribution in [0.4, 0.5) is 31.5 Å². The average Bonchev–Trinajstić information content (AvgIpc) is 3.45. The normalized spacial score (nSPS) is 14.6. The van der Waals surface area contributed by atoms with Gasteiger partial charge in [0.15, 0.2) is 15.8 Å². The number of benzene rings is 2. The van der Waals surface area contributed by atoms with Crippen LogP contribution < -0.4 is 14.8 Å². The van der Waals surface area contributed by atoms with Gasteiger partial charge in [-0.3, -0.25) is 15.0 Å². The number of nitrogens with one attached hydrogen (secondary N) is 1. The molecule has 1 aromatic heterocycles. The van der Waals surface area contributed by atoms with Crippen LogP contribution >= 0.6 is 23.1 Å². The van der Waals surface area contributed by atoms with Gasteiger partial charge in [0.05, 0.1) is 31.5 Å². The fraction of sp³-hybridized carbons (Fsp3) is 0.357. The monoisotopic (exact) mass is 673 g/mol. The lowest BCUT2D eigenvalue weighted by Gasteiger charge is -2.25. The van der Waals surface area contributed by atoms with Crippen molar-refractivity contribution in [1.82, 2.24) is 15.1 Å². The zero-order valence-electron chi connectivity index (χ0n) is 23.5. The van der Waals surface area contributed by atoms with Crippen LogP contribution in [0.3, 0.4) is 0 Å². The molecule has 17 heteroatoms. The van der Waals surface area contributed by atoms with Crippen LogP contribution in [0.15, 0.2) is 46.3 Å². The summed E-state index contributed by atoms with van der Waals surface area (Å²) in [7, 11) is 1.26. The van der Waals surface area contributed by atoms with Crippen molar-refractivity contribution in [2.75, 3.05) is 51.0 Å². The fourth-order valence-electron chi connectivity index (χ4n) is 4.08. The number of anilines is 1. The van der Waals surface area contributed by atoms with E-state index in [9.17, 15) is 36.4 Å². The van der Waals surface area contributed by atoms with Crippen molar-refractivity contribution in [3.63, 3.8) is 0 Å². The lowest BCUT2D eigenvalue weighted by Crippen LogP contribution is -2.37. The molecule has 1 fully saturated rings. The number of halogens is 6. The summed E-state index contributed by atoms with van der Waals surface area (Å²) in [5, 5.41) is 20.3. The molecular weight excluding hydrogens is 648 g/mol. The molecule has 0 unspecified atom stereocenters. The number of aromatic nitrogens is 2. The number of nitrogens with zero attached hydrogens (tertiary/aromatic N) is 4. The van der Waals surface area contributed by atoms with Gasteiger partial charge in [0.2, 0.25) is 5.13 Å². The van der Waals surface area contributed by atoms with Crippen LogP contribution in [0, 0.1) is 11.3 Å². The molecule has 0 bridgehead atoms. The number of amides is 1. The Morgan fingerprint density at radius 3 is 2.53 bits per heavy atom. The molecule has 2 aromatic carbocycles. The van der Waals surface area contributed by atoms with Gasteiger partial charge < -0.3 is 14.2 Å². The Bertz CT molecular complexity index is 1570. The molecule has 1 N–H and O–H groups in total. The molecule has 0 atom stereocenters. The van der Waals surface area contributed by atoms with E-state index in [0.29, 0.717) is 35.2 Å². The Morgan fingerprint density at radius 2 is 1.87 bits per heavy atom. The summed E-state index contributed by atoms with van der Waals surface area (Å²) in [5.41, 5.74) is -3.38. The number of ether oxygens (including phenoxy) is 3. The van der Waals surface area contributed by atoms with Crippen molar-refractivity contribution in [3.05, 3.63) is 64.2 Å². The van der Waals surface area contributed by atoms with Crippen LogP contribution in [-0.4, -0.2) is 66.7 Å². The maximum atomic E-state index is 13.5. The van der Waals surface area contributed by atoms with E-state index in [0.717, 1.165) is 36.7 Å². The van der Waals surface area contributed by atoms with Gasteiger partial charge in [0.25, 0.3) is 5.91 Å².